The van der Waals surface area contributed by atoms with Gasteiger partial charge in [-0.25, -0.2) is 0 Å². The third kappa shape index (κ3) is 9.07. The zero-order chi connectivity index (χ0) is 12.6. The smallest absolute Gasteiger partial charge is 0.325 e. The van der Waals surface area contributed by atoms with E-state index >= 15 is 0 Å². The zero-order valence-electron chi connectivity index (χ0n) is 10.1. The lowest BCUT2D eigenvalue weighted by atomic mass is 9.92. The summed E-state index contributed by atoms with van der Waals surface area (Å²) in [5.41, 5.74) is -0.0859. The first-order valence-corrected chi connectivity index (χ1v) is 5.21. The molecule has 0 radical (unpaired) electrons. The van der Waals surface area contributed by atoms with Crippen LogP contribution in [0.3, 0.4) is 0 Å². The van der Waals surface area contributed by atoms with Gasteiger partial charge in [0.15, 0.2) is 0 Å². The van der Waals surface area contributed by atoms with Gasteiger partial charge in [0.2, 0.25) is 5.91 Å². The van der Waals surface area contributed by atoms with Gasteiger partial charge in [-0.15, -0.1) is 12.3 Å². The molecule has 0 unspecified atom stereocenters. The highest BCUT2D eigenvalue weighted by Gasteiger charge is 2.16. The number of ether oxygens (including phenoxy) is 1. The molecule has 0 rings (SSSR count). The minimum atomic E-state index is -0.461. The van der Waals surface area contributed by atoms with Crippen molar-refractivity contribution in [2.24, 2.45) is 5.41 Å². The van der Waals surface area contributed by atoms with E-state index in [1.165, 1.54) is 0 Å². The molecule has 0 saturated carbocycles. The highest BCUT2D eigenvalue weighted by Crippen LogP contribution is 2.17. The van der Waals surface area contributed by atoms with Crippen LogP contribution in [0.4, 0.5) is 0 Å². The molecular formula is C12H19NO3. The second kappa shape index (κ2) is 6.89. The maximum absolute atomic E-state index is 11.3. The predicted octanol–water partition coefficient (Wildman–Crippen LogP) is 1.11. The second-order valence-electron chi connectivity index (χ2n) is 4.69. The van der Waals surface area contributed by atoms with E-state index in [0.29, 0.717) is 12.8 Å². The second-order valence-corrected chi connectivity index (χ2v) is 4.69. The first kappa shape index (κ1) is 14.5. The molecule has 1 N–H and O–H groups in total. The average Bonchev–Trinajstić information content (AvgIpc) is 2.12. The molecule has 0 aromatic rings. The molecule has 0 fully saturated rings. The topological polar surface area (TPSA) is 55.4 Å². The fourth-order valence-electron chi connectivity index (χ4n) is 0.990. The Morgan fingerprint density at radius 2 is 2.00 bits per heavy atom. The number of terminal acetylenes is 1. The molecule has 0 aromatic carbocycles. The number of amides is 1. The molecule has 0 spiro atoms. The van der Waals surface area contributed by atoms with Gasteiger partial charge in [0, 0.05) is 12.8 Å². The van der Waals surface area contributed by atoms with Gasteiger partial charge in [-0.2, -0.15) is 0 Å². The van der Waals surface area contributed by atoms with Crippen molar-refractivity contribution in [2.45, 2.75) is 33.6 Å². The molecule has 1 amide bonds. The number of esters is 1. The molecule has 0 aliphatic rings. The van der Waals surface area contributed by atoms with Crippen LogP contribution in [-0.4, -0.2) is 25.0 Å². The van der Waals surface area contributed by atoms with Gasteiger partial charge < -0.3 is 10.1 Å². The summed E-state index contributed by atoms with van der Waals surface area (Å²) in [6.45, 7) is 5.97. The zero-order valence-corrected chi connectivity index (χ0v) is 10.1. The van der Waals surface area contributed by atoms with Crippen molar-refractivity contribution < 1.29 is 14.3 Å². The molecule has 0 atom stereocenters. The standard InChI is InChI=1S/C12H19NO3/c1-5-6-7-16-11(15)9-13-10(14)8-12(2,3)4/h1H,6-9H2,2-4H3,(H,13,14). The molecule has 0 saturated heterocycles. The fourth-order valence-corrected chi connectivity index (χ4v) is 0.990. The third-order valence-electron chi connectivity index (χ3n) is 1.63. The van der Waals surface area contributed by atoms with E-state index in [4.69, 9.17) is 11.2 Å². The number of rotatable bonds is 5. The molecule has 0 aliphatic carbocycles. The van der Waals surface area contributed by atoms with Gasteiger partial charge in [0.1, 0.15) is 13.2 Å². The summed E-state index contributed by atoms with van der Waals surface area (Å²) in [6, 6.07) is 0. The molecule has 0 aromatic heterocycles. The van der Waals surface area contributed by atoms with Crippen molar-refractivity contribution in [3.63, 3.8) is 0 Å². The molecule has 0 heterocycles. The van der Waals surface area contributed by atoms with Gasteiger partial charge in [-0.05, 0) is 5.41 Å². The molecule has 16 heavy (non-hydrogen) atoms. The number of carbonyl (C=O) groups is 2. The van der Waals surface area contributed by atoms with Crippen LogP contribution in [0.25, 0.3) is 0 Å². The Morgan fingerprint density at radius 1 is 1.38 bits per heavy atom. The first-order chi connectivity index (χ1) is 7.35. The van der Waals surface area contributed by atoms with E-state index < -0.39 is 5.97 Å². The van der Waals surface area contributed by atoms with Gasteiger partial charge in [-0.1, -0.05) is 20.8 Å². The molecule has 0 bridgehead atoms. The number of hydrogen-bond donors (Lipinski definition) is 1. The number of hydrogen-bond acceptors (Lipinski definition) is 3. The van der Waals surface area contributed by atoms with Crippen LogP contribution >= 0.6 is 0 Å². The van der Waals surface area contributed by atoms with Crippen LogP contribution in [0, 0.1) is 17.8 Å². The lowest BCUT2D eigenvalue weighted by Crippen LogP contribution is -2.33. The average molecular weight is 225 g/mol. The van der Waals surface area contributed by atoms with Gasteiger partial charge in [0.05, 0.1) is 0 Å². The fraction of sp³-hybridized carbons (Fsp3) is 0.667. The lowest BCUT2D eigenvalue weighted by Gasteiger charge is -2.16. The normalized spacial score (nSPS) is 10.4. The highest BCUT2D eigenvalue weighted by molar-refractivity contribution is 5.82. The minimum absolute atomic E-state index is 0.0859. The van der Waals surface area contributed by atoms with Gasteiger partial charge >= 0.3 is 5.97 Å². The van der Waals surface area contributed by atoms with Crippen LogP contribution in [0.1, 0.15) is 33.6 Å². The molecule has 0 aliphatic heterocycles. The summed E-state index contributed by atoms with van der Waals surface area (Å²) < 4.78 is 4.77. The van der Waals surface area contributed by atoms with Crippen molar-refractivity contribution in [1.29, 1.82) is 0 Å². The van der Waals surface area contributed by atoms with Gasteiger partial charge in [0.25, 0.3) is 0 Å². The summed E-state index contributed by atoms with van der Waals surface area (Å²) in [4.78, 5) is 22.4. The number of carbonyl (C=O) groups excluding carboxylic acids is 2. The number of nitrogens with one attached hydrogen (secondary N) is 1. The predicted molar refractivity (Wildman–Crippen MR) is 61.5 cm³/mol. The van der Waals surface area contributed by atoms with Crippen molar-refractivity contribution in [1.82, 2.24) is 5.32 Å². The van der Waals surface area contributed by atoms with Gasteiger partial charge in [-0.3, -0.25) is 9.59 Å². The van der Waals surface area contributed by atoms with Crippen LogP contribution < -0.4 is 5.32 Å². The van der Waals surface area contributed by atoms with Crippen LogP contribution in [0.2, 0.25) is 0 Å². The van der Waals surface area contributed by atoms with E-state index in [1.807, 2.05) is 20.8 Å². The van der Waals surface area contributed by atoms with E-state index in [2.05, 4.69) is 11.2 Å². The Morgan fingerprint density at radius 3 is 2.50 bits per heavy atom. The van der Waals surface area contributed by atoms with Crippen LogP contribution in [-0.2, 0) is 14.3 Å². The summed E-state index contributed by atoms with van der Waals surface area (Å²) in [7, 11) is 0. The SMILES string of the molecule is C#CCCOC(=O)CNC(=O)CC(C)(C)C. The maximum Gasteiger partial charge on any atom is 0.325 e. The van der Waals surface area contributed by atoms with Crippen molar-refractivity contribution in [2.75, 3.05) is 13.2 Å². The van der Waals surface area contributed by atoms with Crippen LogP contribution in [0.15, 0.2) is 0 Å². The van der Waals surface area contributed by atoms with Crippen molar-refractivity contribution >= 4 is 11.9 Å². The van der Waals surface area contributed by atoms with Crippen molar-refractivity contribution in [3.8, 4) is 12.3 Å². The molecule has 90 valence electrons. The van der Waals surface area contributed by atoms with Crippen LogP contribution in [0.5, 0.6) is 0 Å². The Balaban J connectivity index is 3.68. The first-order valence-electron chi connectivity index (χ1n) is 5.21. The Labute approximate surface area is 96.7 Å². The van der Waals surface area contributed by atoms with E-state index in [1.54, 1.807) is 0 Å². The maximum atomic E-state index is 11.3. The summed E-state index contributed by atoms with van der Waals surface area (Å²) in [5, 5.41) is 2.50. The third-order valence-corrected chi connectivity index (χ3v) is 1.63. The Hall–Kier alpha value is -1.50. The lowest BCUT2D eigenvalue weighted by molar-refractivity contribution is -0.143. The summed E-state index contributed by atoms with van der Waals surface area (Å²) in [5.74, 6) is 1.74. The summed E-state index contributed by atoms with van der Waals surface area (Å²) >= 11 is 0. The Bertz CT molecular complexity index is 284. The van der Waals surface area contributed by atoms with Crippen molar-refractivity contribution in [3.05, 3.63) is 0 Å². The minimum Gasteiger partial charge on any atom is -0.463 e. The molecule has 4 nitrogen and oxygen atoms in total. The quantitative estimate of drug-likeness (QED) is 0.433. The van der Waals surface area contributed by atoms with E-state index in [-0.39, 0.29) is 24.5 Å². The van der Waals surface area contributed by atoms with E-state index in [0.717, 1.165) is 0 Å². The highest BCUT2D eigenvalue weighted by atomic mass is 16.5. The largest absolute Gasteiger partial charge is 0.463 e. The molecular weight excluding hydrogens is 206 g/mol. The monoisotopic (exact) mass is 225 g/mol. The Kier molecular flexibility index (Phi) is 6.24. The van der Waals surface area contributed by atoms with E-state index in [9.17, 15) is 9.59 Å². The molecule has 4 heteroatoms. The summed E-state index contributed by atoms with van der Waals surface area (Å²) in [6.07, 6.45) is 5.77.